The van der Waals surface area contributed by atoms with Gasteiger partial charge in [0.15, 0.2) is 11.6 Å². The van der Waals surface area contributed by atoms with Crippen molar-refractivity contribution in [3.63, 3.8) is 0 Å². The molecule has 2 aliphatic heterocycles. The molecule has 6 rings (SSSR count). The molecule has 4 aromatic rings. The summed E-state index contributed by atoms with van der Waals surface area (Å²) < 4.78 is 23.0. The summed E-state index contributed by atoms with van der Waals surface area (Å²) in [7, 11) is 0. The third kappa shape index (κ3) is 11.2. The monoisotopic (exact) mass is 890 g/mol. The zero-order valence-corrected chi connectivity index (χ0v) is 34.3. The summed E-state index contributed by atoms with van der Waals surface area (Å²) in [6.07, 6.45) is -15.9. The van der Waals surface area contributed by atoms with Crippen LogP contribution in [0.1, 0.15) is 57.5 Å². The molecule has 0 spiro atoms. The Bertz CT molecular complexity index is 2290. The maximum absolute atomic E-state index is 13.6. The topological polar surface area (TPSA) is 308 Å². The maximum Gasteiger partial charge on any atom is 0.307 e. The fraction of sp³-hybridized carbons (Fsp3) is 0.391. The van der Waals surface area contributed by atoms with Crippen molar-refractivity contribution in [3.8, 4) is 33.8 Å². The Hall–Kier alpha value is -5.64. The molecule has 0 unspecified atom stereocenters. The molecule has 2 saturated heterocycles. The van der Waals surface area contributed by atoms with Gasteiger partial charge in [-0.15, -0.1) is 0 Å². The van der Waals surface area contributed by atoms with Crippen LogP contribution >= 0.6 is 0 Å². The number of carbonyl (C=O) groups is 4. The molecular weight excluding hydrogens is 840 g/mol. The lowest BCUT2D eigenvalue weighted by Gasteiger charge is -2.39. The van der Waals surface area contributed by atoms with E-state index in [9.17, 15) is 70.2 Å². The molecule has 342 valence electrons. The van der Waals surface area contributed by atoms with Crippen LogP contribution in [0.15, 0.2) is 84.9 Å². The van der Waals surface area contributed by atoms with Gasteiger partial charge in [0, 0.05) is 35.1 Å². The Balaban J connectivity index is 1.18. The predicted octanol–water partition coefficient (Wildman–Crippen LogP) is 1.26. The SMILES string of the molecule is O=C(O)Cc1cccc(-c2cc(C(=O)CCCCC(=O)c3ccc(O[C@H]4O[C@H](CO)[C@@H](O)[C@@H](O)[C@@H]4O)c(-c4ccccc4CC(=O)O)c3)ccc2O[C@H]2O[C@H](CO)[C@@H](O)[C@@H](O)[C@@H]2O)c1. The van der Waals surface area contributed by atoms with E-state index in [2.05, 4.69) is 0 Å². The first kappa shape index (κ1) is 47.8. The summed E-state index contributed by atoms with van der Waals surface area (Å²) in [6, 6.07) is 21.8. The van der Waals surface area contributed by atoms with E-state index >= 15 is 0 Å². The Morgan fingerprint density at radius 1 is 0.516 bits per heavy atom. The molecule has 2 fully saturated rings. The number of carboxylic acid groups (broad SMARTS) is 2. The molecule has 18 nitrogen and oxygen atoms in total. The Morgan fingerprint density at radius 2 is 1.02 bits per heavy atom. The number of carbonyl (C=O) groups excluding carboxylic acids is 2. The number of hydrogen-bond acceptors (Lipinski definition) is 16. The molecule has 0 aliphatic carbocycles. The van der Waals surface area contributed by atoms with Gasteiger partial charge in [-0.3, -0.25) is 19.2 Å². The van der Waals surface area contributed by atoms with Gasteiger partial charge in [0.05, 0.1) is 26.1 Å². The number of rotatable bonds is 19. The summed E-state index contributed by atoms with van der Waals surface area (Å²) in [4.78, 5) is 50.5. The highest BCUT2D eigenvalue weighted by molar-refractivity contribution is 5.99. The van der Waals surface area contributed by atoms with E-state index in [0.29, 0.717) is 27.8 Å². The van der Waals surface area contributed by atoms with Crippen molar-refractivity contribution in [2.45, 2.75) is 99.9 Å². The summed E-state index contributed by atoms with van der Waals surface area (Å²) >= 11 is 0. The average molecular weight is 891 g/mol. The van der Waals surface area contributed by atoms with Crippen LogP contribution in [0.25, 0.3) is 22.3 Å². The third-order valence-corrected chi connectivity index (χ3v) is 11.1. The Morgan fingerprint density at radius 3 is 1.53 bits per heavy atom. The average Bonchev–Trinajstić information content (AvgIpc) is 3.28. The quantitative estimate of drug-likeness (QED) is 0.0468. The zero-order chi connectivity index (χ0) is 46.2. The summed E-state index contributed by atoms with van der Waals surface area (Å²) in [5, 5.41) is 101. The van der Waals surface area contributed by atoms with Crippen molar-refractivity contribution in [2.75, 3.05) is 13.2 Å². The first-order valence-corrected chi connectivity index (χ1v) is 20.5. The number of Topliss-reactive ketones (excluding diaryl/α,β-unsaturated/α-hetero) is 2. The van der Waals surface area contributed by atoms with E-state index in [4.69, 9.17) is 18.9 Å². The molecule has 0 aromatic heterocycles. The molecular formula is C46H50O18. The Labute approximate surface area is 366 Å². The molecule has 4 aromatic carbocycles. The lowest BCUT2D eigenvalue weighted by Crippen LogP contribution is -2.60. The van der Waals surface area contributed by atoms with Gasteiger partial charge in [0.25, 0.3) is 0 Å². The van der Waals surface area contributed by atoms with Crippen LogP contribution in [0.5, 0.6) is 11.5 Å². The second-order valence-electron chi connectivity index (χ2n) is 15.6. The molecule has 18 heteroatoms. The minimum atomic E-state index is -1.74. The molecule has 0 bridgehead atoms. The first-order chi connectivity index (χ1) is 30.6. The van der Waals surface area contributed by atoms with E-state index in [1.54, 1.807) is 48.5 Å². The molecule has 0 saturated carbocycles. The van der Waals surface area contributed by atoms with Gasteiger partial charge in [0.1, 0.15) is 60.3 Å². The number of ketones is 2. The number of unbranched alkanes of at least 4 members (excludes halogenated alkanes) is 1. The summed E-state index contributed by atoms with van der Waals surface area (Å²) in [5.74, 6) is -2.69. The lowest BCUT2D eigenvalue weighted by atomic mass is 9.93. The first-order valence-electron chi connectivity index (χ1n) is 20.5. The molecule has 10 N–H and O–H groups in total. The van der Waals surface area contributed by atoms with Crippen molar-refractivity contribution >= 4 is 23.5 Å². The summed E-state index contributed by atoms with van der Waals surface area (Å²) in [6.45, 7) is -1.38. The highest BCUT2D eigenvalue weighted by Crippen LogP contribution is 2.38. The largest absolute Gasteiger partial charge is 0.481 e. The van der Waals surface area contributed by atoms with Crippen LogP contribution in [0.2, 0.25) is 0 Å². The standard InChI is InChI=1S/C46H50O18/c47-21-35-39(55)41(57)43(59)45(63-35)61-33-14-12-26(18-29(33)24-8-5-6-23(16-24)17-37(51)52)31(49)10-3-4-11-32(50)27-13-15-34(62-46-44(60)42(58)40(56)36(22-48)64-46)30(19-27)28-9-2-1-7-25(28)20-38(53)54/h1-2,5-9,12-16,18-19,35-36,39-48,55-60H,3-4,10-11,17,20-22H2,(H,51,52)(H,53,54)/t35-,36-,39-,40-,41-,42-,43+,44+,45+,46+/m1/s1. The number of benzene rings is 4. The molecule has 2 heterocycles. The van der Waals surface area contributed by atoms with Gasteiger partial charge < -0.3 is 70.0 Å². The molecule has 10 atom stereocenters. The van der Waals surface area contributed by atoms with Crippen LogP contribution in [0, 0.1) is 0 Å². The van der Waals surface area contributed by atoms with E-state index in [1.165, 1.54) is 36.4 Å². The van der Waals surface area contributed by atoms with Crippen molar-refractivity contribution in [3.05, 3.63) is 107 Å². The number of aliphatic hydroxyl groups is 8. The van der Waals surface area contributed by atoms with Crippen molar-refractivity contribution in [2.24, 2.45) is 0 Å². The molecule has 2 aliphatic rings. The lowest BCUT2D eigenvalue weighted by molar-refractivity contribution is -0.277. The van der Waals surface area contributed by atoms with Crippen molar-refractivity contribution < 1.29 is 89.2 Å². The highest BCUT2D eigenvalue weighted by atomic mass is 16.7. The van der Waals surface area contributed by atoms with Gasteiger partial charge in [-0.1, -0.05) is 48.5 Å². The normalized spacial score (nSPS) is 25.6. The van der Waals surface area contributed by atoms with E-state index < -0.39 is 86.6 Å². The van der Waals surface area contributed by atoms with Gasteiger partial charge in [-0.2, -0.15) is 0 Å². The smallest absolute Gasteiger partial charge is 0.307 e. The van der Waals surface area contributed by atoms with Gasteiger partial charge >= 0.3 is 11.9 Å². The predicted molar refractivity (Wildman–Crippen MR) is 222 cm³/mol. The summed E-state index contributed by atoms with van der Waals surface area (Å²) in [5.41, 5.74) is 2.70. The fourth-order valence-electron chi connectivity index (χ4n) is 7.61. The van der Waals surface area contributed by atoms with Crippen LogP contribution in [0.3, 0.4) is 0 Å². The Kier molecular flexibility index (Phi) is 16.0. The highest BCUT2D eigenvalue weighted by Gasteiger charge is 2.46. The maximum atomic E-state index is 13.6. The number of aliphatic carboxylic acids is 2. The van der Waals surface area contributed by atoms with Crippen molar-refractivity contribution in [1.29, 1.82) is 0 Å². The van der Waals surface area contributed by atoms with Crippen LogP contribution in [-0.4, -0.2) is 149 Å². The van der Waals surface area contributed by atoms with Gasteiger partial charge in [-0.05, 0) is 71.5 Å². The molecule has 0 amide bonds. The van der Waals surface area contributed by atoms with Gasteiger partial charge in [-0.25, -0.2) is 0 Å². The zero-order valence-electron chi connectivity index (χ0n) is 34.3. The number of ether oxygens (including phenoxy) is 4. The number of aliphatic hydroxyl groups excluding tert-OH is 8. The van der Waals surface area contributed by atoms with E-state index in [1.807, 2.05) is 0 Å². The third-order valence-electron chi connectivity index (χ3n) is 11.1. The minimum Gasteiger partial charge on any atom is -0.481 e. The second-order valence-corrected chi connectivity index (χ2v) is 15.6. The van der Waals surface area contributed by atoms with Crippen molar-refractivity contribution in [1.82, 2.24) is 0 Å². The van der Waals surface area contributed by atoms with Crippen LogP contribution < -0.4 is 9.47 Å². The van der Waals surface area contributed by atoms with Gasteiger partial charge in [0.2, 0.25) is 12.6 Å². The number of carboxylic acids is 2. The fourth-order valence-corrected chi connectivity index (χ4v) is 7.61. The molecule has 0 radical (unpaired) electrons. The second kappa shape index (κ2) is 21.4. The van der Waals surface area contributed by atoms with E-state index in [-0.39, 0.29) is 78.3 Å². The van der Waals surface area contributed by atoms with Crippen LogP contribution in [0.4, 0.5) is 0 Å². The van der Waals surface area contributed by atoms with E-state index in [0.717, 1.165) is 0 Å². The number of hydrogen-bond donors (Lipinski definition) is 10. The minimum absolute atomic E-state index is 0.00387. The van der Waals surface area contributed by atoms with Crippen LogP contribution in [-0.2, 0) is 31.9 Å². The molecule has 64 heavy (non-hydrogen) atoms.